The van der Waals surface area contributed by atoms with Crippen LogP contribution < -0.4 is 10.3 Å². The van der Waals surface area contributed by atoms with Crippen LogP contribution in [0.3, 0.4) is 0 Å². The zero-order valence-electron chi connectivity index (χ0n) is 11.2. The molecule has 0 radical (unpaired) electrons. The van der Waals surface area contributed by atoms with Crippen molar-refractivity contribution >= 4 is 27.2 Å². The van der Waals surface area contributed by atoms with Crippen LogP contribution in [0.1, 0.15) is 7.43 Å². The lowest BCUT2D eigenvalue weighted by Crippen LogP contribution is -2.08. The third kappa shape index (κ3) is 2.51. The first-order valence-electron chi connectivity index (χ1n) is 6.12. The average Bonchev–Trinajstić information content (AvgIpc) is 2.43. The van der Waals surface area contributed by atoms with Gasteiger partial charge in [0.25, 0.3) is 0 Å². The monoisotopic (exact) mass is 285 g/mol. The van der Waals surface area contributed by atoms with Crippen LogP contribution in [0.15, 0.2) is 41.4 Å². The Bertz CT molecular complexity index is 774. The van der Waals surface area contributed by atoms with E-state index in [0.29, 0.717) is 0 Å². The minimum absolute atomic E-state index is 0. The van der Waals surface area contributed by atoms with Gasteiger partial charge in [-0.3, -0.25) is 4.99 Å². The largest absolute Gasteiger partial charge is 0.378 e. The van der Waals surface area contributed by atoms with Crippen molar-refractivity contribution < 1.29 is 0 Å². The van der Waals surface area contributed by atoms with Crippen LogP contribution in [0.2, 0.25) is 0 Å². The highest BCUT2D eigenvalue weighted by Crippen LogP contribution is 2.31. The number of benzene rings is 2. The smallest absolute Gasteiger partial charge is 0.0811 e. The lowest BCUT2D eigenvalue weighted by atomic mass is 10.2. The van der Waals surface area contributed by atoms with Gasteiger partial charge in [-0.1, -0.05) is 7.43 Å². The van der Waals surface area contributed by atoms with Gasteiger partial charge in [0.1, 0.15) is 0 Å². The number of nitrogens with zero attached hydrogens (tertiary/aromatic N) is 3. The van der Waals surface area contributed by atoms with E-state index < -0.39 is 0 Å². The first-order chi connectivity index (χ1) is 9.17. The first-order valence-corrected chi connectivity index (χ1v) is 6.94. The van der Waals surface area contributed by atoms with Crippen molar-refractivity contribution in [3.8, 4) is 10.6 Å². The summed E-state index contributed by atoms with van der Waals surface area (Å²) in [4.78, 5) is 12.2. The Labute approximate surface area is 123 Å². The molecule has 0 bridgehead atoms. The number of hydrogen-bond donors (Lipinski definition) is 0. The lowest BCUT2D eigenvalue weighted by Gasteiger charge is -2.13. The molecule has 20 heavy (non-hydrogen) atoms. The Kier molecular flexibility index (Phi) is 4.04. The normalized spacial score (nSPS) is 11.7. The van der Waals surface area contributed by atoms with E-state index in [1.165, 1.54) is 15.3 Å². The van der Waals surface area contributed by atoms with Crippen LogP contribution in [-0.2, 0) is 0 Å². The molecular weight excluding hydrogens is 266 g/mol. The topological polar surface area (TPSA) is 28.5 Å². The molecule has 0 unspecified atom stereocenters. The van der Waals surface area contributed by atoms with Gasteiger partial charge in [-0.25, -0.2) is 4.98 Å². The van der Waals surface area contributed by atoms with E-state index in [2.05, 4.69) is 34.2 Å². The van der Waals surface area contributed by atoms with Crippen LogP contribution >= 0.6 is 11.3 Å². The Morgan fingerprint density at radius 1 is 1.10 bits per heavy atom. The van der Waals surface area contributed by atoms with Gasteiger partial charge in [0.05, 0.1) is 26.1 Å². The number of hydrogen-bond acceptors (Lipinski definition) is 4. The summed E-state index contributed by atoms with van der Waals surface area (Å²) in [6.45, 7) is 0. The molecule has 1 heterocycles. The van der Waals surface area contributed by atoms with Crippen molar-refractivity contribution in [2.75, 3.05) is 26.0 Å². The standard InChI is InChI=1S/C15H15N3S.CH4/c1-16-10-4-6-12-14(8-10)19-15-9-11(18(2)3)5-7-13(15)17-12;/h4-9H,1-3H3;1H4. The third-order valence-corrected chi connectivity index (χ3v) is 4.22. The SMILES string of the molecule is C.CN=c1ccc2nc3ccc(N(C)C)cc3sc-2c1. The summed E-state index contributed by atoms with van der Waals surface area (Å²) in [5.41, 5.74) is 3.27. The van der Waals surface area contributed by atoms with E-state index in [0.717, 1.165) is 16.6 Å². The second-order valence-corrected chi connectivity index (χ2v) is 5.72. The van der Waals surface area contributed by atoms with Crippen molar-refractivity contribution in [1.29, 1.82) is 0 Å². The summed E-state index contributed by atoms with van der Waals surface area (Å²) in [6.07, 6.45) is 0. The Morgan fingerprint density at radius 3 is 2.60 bits per heavy atom. The molecule has 0 saturated heterocycles. The van der Waals surface area contributed by atoms with Crippen LogP contribution in [0.4, 0.5) is 5.69 Å². The van der Waals surface area contributed by atoms with Crippen molar-refractivity contribution in [3.05, 3.63) is 41.8 Å². The van der Waals surface area contributed by atoms with Crippen LogP contribution in [-0.4, -0.2) is 26.1 Å². The molecule has 0 spiro atoms. The zero-order valence-corrected chi connectivity index (χ0v) is 12.0. The second-order valence-electron chi connectivity index (χ2n) is 4.64. The third-order valence-electron chi connectivity index (χ3n) is 3.12. The van der Waals surface area contributed by atoms with E-state index in [9.17, 15) is 0 Å². The van der Waals surface area contributed by atoms with Gasteiger partial charge in [0.15, 0.2) is 0 Å². The van der Waals surface area contributed by atoms with Crippen molar-refractivity contribution in [1.82, 2.24) is 4.98 Å². The second kappa shape index (κ2) is 5.59. The molecule has 1 aliphatic heterocycles. The van der Waals surface area contributed by atoms with Crippen LogP contribution in [0.5, 0.6) is 0 Å². The Hall–Kier alpha value is -1.94. The van der Waals surface area contributed by atoms with E-state index >= 15 is 0 Å². The fourth-order valence-corrected chi connectivity index (χ4v) is 3.05. The Morgan fingerprint density at radius 2 is 1.90 bits per heavy atom. The van der Waals surface area contributed by atoms with Gasteiger partial charge in [-0.15, -0.1) is 11.3 Å². The maximum atomic E-state index is 4.70. The number of fused-ring (bicyclic) bond motifs is 2. The highest BCUT2D eigenvalue weighted by atomic mass is 32.1. The predicted molar refractivity (Wildman–Crippen MR) is 88.8 cm³/mol. The molecular formula is C16H19N3S. The number of rotatable bonds is 1. The van der Waals surface area contributed by atoms with Gasteiger partial charge in [0, 0.05) is 26.8 Å². The van der Waals surface area contributed by atoms with Gasteiger partial charge in [-0.05, 0) is 36.4 Å². The molecule has 0 N–H and O–H groups in total. The number of anilines is 1. The van der Waals surface area contributed by atoms with Gasteiger partial charge in [0.2, 0.25) is 0 Å². The molecule has 1 aromatic carbocycles. The molecule has 2 aliphatic rings. The zero-order chi connectivity index (χ0) is 13.4. The molecule has 3 rings (SSSR count). The first kappa shape index (κ1) is 14.5. The maximum absolute atomic E-state index is 4.70. The fraction of sp³-hybridized carbons (Fsp3) is 0.250. The molecule has 1 aliphatic carbocycles. The van der Waals surface area contributed by atoms with Crippen molar-refractivity contribution in [3.63, 3.8) is 0 Å². The summed E-state index contributed by atoms with van der Waals surface area (Å²) in [6, 6.07) is 12.5. The quantitative estimate of drug-likeness (QED) is 0.639. The summed E-state index contributed by atoms with van der Waals surface area (Å²) in [7, 11) is 5.91. The van der Waals surface area contributed by atoms with E-state index in [1.807, 2.05) is 33.3 Å². The number of aromatic nitrogens is 1. The highest BCUT2D eigenvalue weighted by molar-refractivity contribution is 7.21. The minimum Gasteiger partial charge on any atom is -0.378 e. The van der Waals surface area contributed by atoms with Crippen LogP contribution in [0.25, 0.3) is 20.8 Å². The summed E-state index contributed by atoms with van der Waals surface area (Å²) in [5, 5.41) is 0.994. The van der Waals surface area contributed by atoms with E-state index in [4.69, 9.17) is 4.98 Å². The molecule has 1 aromatic rings. The molecule has 4 heteroatoms. The fourth-order valence-electron chi connectivity index (χ4n) is 2.02. The highest BCUT2D eigenvalue weighted by Gasteiger charge is 2.07. The molecule has 104 valence electrons. The van der Waals surface area contributed by atoms with E-state index in [-0.39, 0.29) is 7.43 Å². The molecule has 0 aromatic heterocycles. The van der Waals surface area contributed by atoms with E-state index in [1.54, 1.807) is 11.3 Å². The molecule has 3 nitrogen and oxygen atoms in total. The van der Waals surface area contributed by atoms with Gasteiger partial charge >= 0.3 is 0 Å². The molecule has 0 saturated carbocycles. The van der Waals surface area contributed by atoms with Crippen molar-refractivity contribution in [2.45, 2.75) is 7.43 Å². The molecule has 0 amide bonds. The average molecular weight is 285 g/mol. The summed E-state index contributed by atoms with van der Waals surface area (Å²) >= 11 is 1.76. The maximum Gasteiger partial charge on any atom is 0.0811 e. The van der Waals surface area contributed by atoms with Crippen LogP contribution in [0, 0.1) is 0 Å². The lowest BCUT2D eigenvalue weighted by molar-refractivity contribution is 1.13. The summed E-state index contributed by atoms with van der Waals surface area (Å²) in [5.74, 6) is 0. The molecule has 0 atom stereocenters. The molecule has 0 fully saturated rings. The summed E-state index contributed by atoms with van der Waals surface area (Å²) < 4.78 is 1.20. The Balaban J connectivity index is 0.00000147. The predicted octanol–water partition coefficient (Wildman–Crippen LogP) is 3.63. The van der Waals surface area contributed by atoms with Crippen molar-refractivity contribution in [2.24, 2.45) is 4.99 Å². The van der Waals surface area contributed by atoms with Gasteiger partial charge < -0.3 is 4.90 Å². The van der Waals surface area contributed by atoms with Gasteiger partial charge in [-0.2, -0.15) is 0 Å². The minimum atomic E-state index is 0.